The molecule has 0 saturated heterocycles. The summed E-state index contributed by atoms with van der Waals surface area (Å²) in [5, 5.41) is 0.794. The van der Waals surface area contributed by atoms with Gasteiger partial charge in [-0.1, -0.05) is 48.0 Å². The molecule has 0 bridgehead atoms. The molecule has 15 heavy (non-hydrogen) atoms. The zero-order chi connectivity index (χ0) is 10.9. The van der Waals surface area contributed by atoms with E-state index in [2.05, 4.69) is 0 Å². The highest BCUT2D eigenvalue weighted by Crippen LogP contribution is 2.05. The molecule has 0 fully saturated rings. The molecule has 0 aromatic heterocycles. The van der Waals surface area contributed by atoms with Gasteiger partial charge in [0.1, 0.15) is 5.75 Å². The molecule has 0 unspecified atom stereocenters. The molecule has 78 valence electrons. The van der Waals surface area contributed by atoms with Gasteiger partial charge in [-0.05, 0) is 24.3 Å². The average molecular weight is 221 g/mol. The Hall–Kier alpha value is -1.47. The van der Waals surface area contributed by atoms with Crippen LogP contribution in [0.3, 0.4) is 0 Å². The van der Waals surface area contributed by atoms with Crippen molar-refractivity contribution in [1.82, 2.24) is 0 Å². The average Bonchev–Trinajstić information content (AvgIpc) is 2.32. The van der Waals surface area contributed by atoms with Crippen molar-refractivity contribution in [3.8, 4) is 5.75 Å². The van der Waals surface area contributed by atoms with Crippen molar-refractivity contribution in [3.63, 3.8) is 0 Å². The summed E-state index contributed by atoms with van der Waals surface area (Å²) in [4.78, 5) is 0. The van der Waals surface area contributed by atoms with Crippen LogP contribution in [0, 0.1) is 0 Å². The Labute approximate surface area is 95.3 Å². The Morgan fingerprint density at radius 2 is 1.27 bits per heavy atom. The van der Waals surface area contributed by atoms with Crippen molar-refractivity contribution in [1.29, 1.82) is 0 Å². The third kappa shape index (κ3) is 5.08. The van der Waals surface area contributed by atoms with Gasteiger partial charge < -0.3 is 4.74 Å². The van der Waals surface area contributed by atoms with Gasteiger partial charge in [-0.2, -0.15) is 0 Å². The van der Waals surface area contributed by atoms with Crippen LogP contribution < -0.4 is 4.74 Å². The number of rotatable bonds is 1. The third-order valence-corrected chi connectivity index (χ3v) is 1.96. The van der Waals surface area contributed by atoms with Gasteiger partial charge in [0.25, 0.3) is 0 Å². The zero-order valence-electron chi connectivity index (χ0n) is 8.56. The molecule has 0 aliphatic heterocycles. The zero-order valence-corrected chi connectivity index (χ0v) is 9.32. The summed E-state index contributed by atoms with van der Waals surface area (Å²) < 4.78 is 4.91. The second-order valence-electron chi connectivity index (χ2n) is 2.81. The van der Waals surface area contributed by atoms with Gasteiger partial charge in [0.05, 0.1) is 7.11 Å². The lowest BCUT2D eigenvalue weighted by Crippen LogP contribution is -1.78. The number of methoxy groups -OCH3 is 1. The maximum Gasteiger partial charge on any atom is 0.118 e. The second-order valence-corrected chi connectivity index (χ2v) is 3.25. The number of hydrogen-bond donors (Lipinski definition) is 0. The highest BCUT2D eigenvalue weighted by molar-refractivity contribution is 6.30. The molecular formula is C13H13ClO. The van der Waals surface area contributed by atoms with Crippen LogP contribution >= 0.6 is 11.6 Å². The SMILES string of the molecule is COc1ccccc1.Clc1ccccc1. The lowest BCUT2D eigenvalue weighted by Gasteiger charge is -1.93. The molecule has 0 N–H and O–H groups in total. The number of hydrogen-bond acceptors (Lipinski definition) is 1. The molecular weight excluding hydrogens is 208 g/mol. The standard InChI is InChI=1S/C7H8O.C6H5Cl/c1-8-7-5-3-2-4-6-7;7-6-4-2-1-3-5-6/h2-6H,1H3;1-5H. The third-order valence-electron chi connectivity index (χ3n) is 1.71. The van der Waals surface area contributed by atoms with E-state index in [4.69, 9.17) is 16.3 Å². The maximum absolute atomic E-state index is 5.54. The predicted octanol–water partition coefficient (Wildman–Crippen LogP) is 4.04. The number of benzene rings is 2. The van der Waals surface area contributed by atoms with E-state index in [0.717, 1.165) is 10.8 Å². The second kappa shape index (κ2) is 6.91. The van der Waals surface area contributed by atoms with Crippen LogP contribution in [-0.2, 0) is 0 Å². The van der Waals surface area contributed by atoms with Gasteiger partial charge in [-0.25, -0.2) is 0 Å². The van der Waals surface area contributed by atoms with Crippen LogP contribution in [0.25, 0.3) is 0 Å². The fourth-order valence-corrected chi connectivity index (χ4v) is 1.12. The van der Waals surface area contributed by atoms with Crippen LogP contribution in [0.2, 0.25) is 5.02 Å². The van der Waals surface area contributed by atoms with E-state index in [1.807, 2.05) is 60.7 Å². The van der Waals surface area contributed by atoms with Crippen LogP contribution in [0.1, 0.15) is 0 Å². The molecule has 2 aromatic carbocycles. The highest BCUT2D eigenvalue weighted by Gasteiger charge is 1.80. The van der Waals surface area contributed by atoms with Crippen molar-refractivity contribution in [2.75, 3.05) is 7.11 Å². The van der Waals surface area contributed by atoms with Gasteiger partial charge in [-0.3, -0.25) is 0 Å². The Morgan fingerprint density at radius 3 is 1.53 bits per heavy atom. The lowest BCUT2D eigenvalue weighted by molar-refractivity contribution is 0.415. The van der Waals surface area contributed by atoms with Crippen LogP contribution in [0.15, 0.2) is 60.7 Å². The van der Waals surface area contributed by atoms with Crippen molar-refractivity contribution >= 4 is 11.6 Å². The number of halogens is 1. The fourth-order valence-electron chi connectivity index (χ4n) is 0.971. The van der Waals surface area contributed by atoms with E-state index in [-0.39, 0.29) is 0 Å². The number of ether oxygens (including phenoxy) is 1. The maximum atomic E-state index is 5.54. The van der Waals surface area contributed by atoms with Crippen LogP contribution in [-0.4, -0.2) is 7.11 Å². The summed E-state index contributed by atoms with van der Waals surface area (Å²) in [6.07, 6.45) is 0. The topological polar surface area (TPSA) is 9.23 Å². The summed E-state index contributed by atoms with van der Waals surface area (Å²) in [7, 11) is 1.66. The van der Waals surface area contributed by atoms with Crippen molar-refractivity contribution in [2.24, 2.45) is 0 Å². The minimum atomic E-state index is 0.794. The van der Waals surface area contributed by atoms with E-state index < -0.39 is 0 Å². The Morgan fingerprint density at radius 1 is 0.800 bits per heavy atom. The summed E-state index contributed by atoms with van der Waals surface area (Å²) in [5.74, 6) is 0.910. The number of para-hydroxylation sites is 1. The van der Waals surface area contributed by atoms with Gasteiger partial charge in [0, 0.05) is 5.02 Å². The van der Waals surface area contributed by atoms with E-state index in [9.17, 15) is 0 Å². The van der Waals surface area contributed by atoms with Gasteiger partial charge in [0.2, 0.25) is 0 Å². The molecule has 2 aromatic rings. The van der Waals surface area contributed by atoms with Crippen molar-refractivity contribution in [3.05, 3.63) is 65.7 Å². The molecule has 0 amide bonds. The Kier molecular flexibility index (Phi) is 5.34. The lowest BCUT2D eigenvalue weighted by atomic mass is 10.3. The molecule has 2 rings (SSSR count). The van der Waals surface area contributed by atoms with Gasteiger partial charge in [-0.15, -0.1) is 0 Å². The summed E-state index contributed by atoms with van der Waals surface area (Å²) in [5.41, 5.74) is 0. The predicted molar refractivity (Wildman–Crippen MR) is 64.4 cm³/mol. The quantitative estimate of drug-likeness (QED) is 0.705. The van der Waals surface area contributed by atoms with Crippen LogP contribution in [0.4, 0.5) is 0 Å². The molecule has 1 nitrogen and oxygen atoms in total. The highest BCUT2D eigenvalue weighted by atomic mass is 35.5. The molecule has 0 aliphatic rings. The van der Waals surface area contributed by atoms with Gasteiger partial charge >= 0.3 is 0 Å². The summed E-state index contributed by atoms with van der Waals surface area (Å²) in [6, 6.07) is 19.1. The van der Waals surface area contributed by atoms with E-state index in [0.29, 0.717) is 0 Å². The first-order chi connectivity index (χ1) is 7.33. The largest absolute Gasteiger partial charge is 0.497 e. The first-order valence-electron chi connectivity index (χ1n) is 4.62. The van der Waals surface area contributed by atoms with Crippen LogP contribution in [0.5, 0.6) is 5.75 Å². The fraction of sp³-hybridized carbons (Fsp3) is 0.0769. The summed E-state index contributed by atoms with van der Waals surface area (Å²) in [6.45, 7) is 0. The molecule has 0 saturated carbocycles. The van der Waals surface area contributed by atoms with Crippen molar-refractivity contribution < 1.29 is 4.74 Å². The normalized spacial score (nSPS) is 8.67. The summed E-state index contributed by atoms with van der Waals surface area (Å²) >= 11 is 5.54. The first-order valence-corrected chi connectivity index (χ1v) is 5.00. The molecule has 0 heterocycles. The monoisotopic (exact) mass is 220 g/mol. The molecule has 0 radical (unpaired) electrons. The van der Waals surface area contributed by atoms with E-state index in [1.165, 1.54) is 0 Å². The Balaban J connectivity index is 0.000000151. The minimum absolute atomic E-state index is 0.794. The molecule has 2 heteroatoms. The van der Waals surface area contributed by atoms with Gasteiger partial charge in [0.15, 0.2) is 0 Å². The van der Waals surface area contributed by atoms with E-state index >= 15 is 0 Å². The smallest absolute Gasteiger partial charge is 0.118 e. The Bertz CT molecular complexity index is 359. The van der Waals surface area contributed by atoms with Crippen molar-refractivity contribution in [2.45, 2.75) is 0 Å². The molecule has 0 atom stereocenters. The van der Waals surface area contributed by atoms with E-state index in [1.54, 1.807) is 7.11 Å². The molecule has 0 aliphatic carbocycles. The molecule has 0 spiro atoms. The minimum Gasteiger partial charge on any atom is -0.497 e. The first kappa shape index (κ1) is 11.6.